The van der Waals surface area contributed by atoms with Crippen LogP contribution in [0.3, 0.4) is 0 Å². The number of hydrogen-bond donors (Lipinski definition) is 0. The van der Waals surface area contributed by atoms with Crippen molar-refractivity contribution in [2.45, 2.75) is 288 Å². The molecule has 2 aliphatic heterocycles. The summed E-state index contributed by atoms with van der Waals surface area (Å²) in [7, 11) is 0. The third-order valence-electron chi connectivity index (χ3n) is 25.7. The molecule has 0 bridgehead atoms. The van der Waals surface area contributed by atoms with E-state index in [0.717, 1.165) is 112 Å². The number of fused-ring (bicyclic) bond motifs is 7. The van der Waals surface area contributed by atoms with E-state index in [1.807, 2.05) is 6.07 Å². The molecule has 15 rings (SSSR count). The summed E-state index contributed by atoms with van der Waals surface area (Å²) in [6.07, 6.45) is 0. The molecule has 13 aromatic rings. The Kier molecular flexibility index (Phi) is 18.1. The standard InChI is InChI=1S/C116H136BN3/c1-106(2,3)76-50-45-71(46-51-76)88-64-82(112(19,20)21)66-90(75-59-80(110(13,14)15)63-81(60-75)111(16,17)18)104(88)120-99-70-85(118-96-43-36-34-39-86(96)87-40-35-37-44-97(87)118)54-56-95(99)117-94-55-49-73(74-57-78(108(7,8)9)62-79(58-74)109(10,11)12)61-98(94)119(100-68-84(114(25,26)27)69-101(120)103(100)117)105-89(72-47-52-77(53-48-72)107(4,5)6)65-83(113(22,23)24)67-91(105)102-92(115(28,29)30)41-38-42-93(102)116(31,32)33/h34-70H,1-33H3/i34D,35D,36D,37D,39D,40D,43D,44D. The van der Waals surface area contributed by atoms with E-state index in [0.29, 0.717) is 5.69 Å². The van der Waals surface area contributed by atoms with Gasteiger partial charge in [-0.15, -0.1) is 0 Å². The fourth-order valence-corrected chi connectivity index (χ4v) is 18.1. The second-order valence-electron chi connectivity index (χ2n) is 46.4. The zero-order valence-electron chi connectivity index (χ0n) is 86.7. The van der Waals surface area contributed by atoms with E-state index in [9.17, 15) is 11.0 Å². The van der Waals surface area contributed by atoms with Crippen LogP contribution in [-0.4, -0.2) is 11.3 Å². The molecule has 618 valence electrons. The summed E-state index contributed by atoms with van der Waals surface area (Å²) in [4.78, 5) is 5.31. The minimum absolute atomic E-state index is 0.0192. The van der Waals surface area contributed by atoms with Gasteiger partial charge < -0.3 is 14.4 Å². The fraction of sp³-hybridized carbons (Fsp3) is 0.379. The van der Waals surface area contributed by atoms with Crippen LogP contribution in [0.2, 0.25) is 0 Å². The Labute approximate surface area is 734 Å². The number of para-hydroxylation sites is 2. The van der Waals surface area contributed by atoms with E-state index >= 15 is 0 Å². The van der Waals surface area contributed by atoms with Crippen LogP contribution in [0.1, 0.15) is 301 Å². The third kappa shape index (κ3) is 15.6. The van der Waals surface area contributed by atoms with Gasteiger partial charge in [-0.2, -0.15) is 0 Å². The molecule has 0 saturated carbocycles. The summed E-state index contributed by atoms with van der Waals surface area (Å²) in [5.41, 5.74) is 30.2. The number of anilines is 6. The number of rotatable bonds is 8. The minimum Gasteiger partial charge on any atom is -0.310 e. The largest absolute Gasteiger partial charge is 0.310 e. The molecule has 3 nitrogen and oxygen atoms in total. The molecule has 0 unspecified atom stereocenters. The predicted molar refractivity (Wildman–Crippen MR) is 528 cm³/mol. The molecular weight excluding hydrogens is 1450 g/mol. The second-order valence-corrected chi connectivity index (χ2v) is 46.4. The second kappa shape index (κ2) is 28.9. The van der Waals surface area contributed by atoms with Crippen LogP contribution >= 0.6 is 0 Å². The molecular formula is C116H136BN3. The third-order valence-corrected chi connectivity index (χ3v) is 25.7. The first-order valence-electron chi connectivity index (χ1n) is 47.9. The van der Waals surface area contributed by atoms with Crippen molar-refractivity contribution in [3.63, 3.8) is 0 Å². The molecule has 0 atom stereocenters. The Bertz CT molecular complexity index is 6540. The number of hydrogen-bond acceptors (Lipinski definition) is 2. The Morgan fingerprint density at radius 3 is 0.950 bits per heavy atom. The maximum absolute atomic E-state index is 10.1. The number of nitrogens with zero attached hydrogens (tertiary/aromatic N) is 3. The van der Waals surface area contributed by atoms with Gasteiger partial charge in [-0.1, -0.05) is 386 Å². The highest BCUT2D eigenvalue weighted by molar-refractivity contribution is 7.00. The summed E-state index contributed by atoms with van der Waals surface area (Å²) < 4.78 is 79.2. The summed E-state index contributed by atoms with van der Waals surface area (Å²) in [6, 6.07) is 65.7. The lowest BCUT2D eigenvalue weighted by Crippen LogP contribution is -2.61. The van der Waals surface area contributed by atoms with Crippen molar-refractivity contribution in [3.05, 3.63) is 285 Å². The van der Waals surface area contributed by atoms with Crippen molar-refractivity contribution in [1.29, 1.82) is 0 Å². The molecule has 0 aliphatic carbocycles. The Morgan fingerprint density at radius 1 is 0.250 bits per heavy atom. The van der Waals surface area contributed by atoms with Gasteiger partial charge in [-0.25, -0.2) is 0 Å². The average molecular weight is 1590 g/mol. The summed E-state index contributed by atoms with van der Waals surface area (Å²) >= 11 is 0. The smallest absolute Gasteiger partial charge is 0.252 e. The SMILES string of the molecule is [2H]c1c([2H])c([2H])c2c(c1[2H])c1c([2H])c([2H])c([2H])c([2H])c1n2-c1ccc2c(c1)N(c1c(-c3ccc(C(C)(C)C)cc3)cc(C(C)(C)C)cc1-c1cc(C(C)(C)C)cc(C(C)(C)C)c1)c1cc(C(C)(C)C)cc3c1B2c1ccc(-c2cc(C(C)(C)C)cc(C(C)(C)C)c2)cc1N3c1c(-c2ccc(C(C)(C)C)cc2)cc(C(C)(C)C)cc1-c1c(C(C)(C)C)cccc1C(C)(C)C. The van der Waals surface area contributed by atoms with Crippen LogP contribution in [0.25, 0.3) is 83.1 Å². The van der Waals surface area contributed by atoms with E-state index in [2.05, 4.69) is 408 Å². The van der Waals surface area contributed by atoms with Crippen LogP contribution in [0.15, 0.2) is 224 Å². The van der Waals surface area contributed by atoms with Crippen molar-refractivity contribution in [3.8, 4) is 61.3 Å². The van der Waals surface area contributed by atoms with Crippen LogP contribution in [-0.2, 0) is 59.6 Å². The lowest BCUT2D eigenvalue weighted by Gasteiger charge is -2.47. The number of aromatic nitrogens is 1. The van der Waals surface area contributed by atoms with E-state index in [1.54, 1.807) is 4.57 Å². The first kappa shape index (κ1) is 75.1. The van der Waals surface area contributed by atoms with Crippen LogP contribution < -0.4 is 26.2 Å². The highest BCUT2D eigenvalue weighted by atomic mass is 15.2. The maximum atomic E-state index is 10.1. The Balaban J connectivity index is 1.25. The number of benzene rings is 12. The fourth-order valence-electron chi connectivity index (χ4n) is 18.1. The molecule has 0 spiro atoms. The molecule has 4 heteroatoms. The van der Waals surface area contributed by atoms with Crippen molar-refractivity contribution in [2.75, 3.05) is 9.80 Å². The monoisotopic (exact) mass is 1590 g/mol. The molecule has 0 amide bonds. The molecule has 0 fully saturated rings. The summed E-state index contributed by atoms with van der Waals surface area (Å²) in [5, 5.41) is 0.0384. The Hall–Kier alpha value is -9.90. The molecule has 0 saturated heterocycles. The zero-order valence-corrected chi connectivity index (χ0v) is 78.7. The van der Waals surface area contributed by atoms with Gasteiger partial charge in [0, 0.05) is 61.5 Å². The first-order valence-corrected chi connectivity index (χ1v) is 43.9. The molecule has 120 heavy (non-hydrogen) atoms. The van der Waals surface area contributed by atoms with Crippen molar-refractivity contribution >= 4 is 79.0 Å². The molecule has 12 aromatic carbocycles. The van der Waals surface area contributed by atoms with Gasteiger partial charge in [0.25, 0.3) is 6.71 Å². The highest BCUT2D eigenvalue weighted by Crippen LogP contribution is 2.58. The maximum Gasteiger partial charge on any atom is 0.252 e. The van der Waals surface area contributed by atoms with Crippen molar-refractivity contribution in [1.82, 2.24) is 4.57 Å². The Morgan fingerprint density at radius 2 is 0.567 bits per heavy atom. The van der Waals surface area contributed by atoms with Gasteiger partial charge in [-0.05, 0) is 237 Å². The van der Waals surface area contributed by atoms with Crippen LogP contribution in [0.4, 0.5) is 34.1 Å². The highest BCUT2D eigenvalue weighted by Gasteiger charge is 2.48. The summed E-state index contributed by atoms with van der Waals surface area (Å²) in [6.45, 7) is 76.3. The molecule has 0 radical (unpaired) electrons. The normalized spacial score (nSPS) is 14.9. The lowest BCUT2D eigenvalue weighted by molar-refractivity contribution is 0.568. The van der Waals surface area contributed by atoms with Crippen molar-refractivity contribution < 1.29 is 11.0 Å². The van der Waals surface area contributed by atoms with Crippen LogP contribution in [0, 0.1) is 0 Å². The van der Waals surface area contributed by atoms with E-state index < -0.39 is 41.7 Å². The zero-order chi connectivity index (χ0) is 94.1. The summed E-state index contributed by atoms with van der Waals surface area (Å²) in [5.74, 6) is 0. The van der Waals surface area contributed by atoms with Gasteiger partial charge in [0.15, 0.2) is 0 Å². The predicted octanol–water partition coefficient (Wildman–Crippen LogP) is 31.5. The minimum atomic E-state index is -0.537. The lowest BCUT2D eigenvalue weighted by atomic mass is 9.33. The topological polar surface area (TPSA) is 11.4 Å². The van der Waals surface area contributed by atoms with E-state index in [1.165, 1.54) is 55.6 Å². The molecule has 0 N–H and O–H groups in total. The van der Waals surface area contributed by atoms with Gasteiger partial charge in [0.05, 0.1) is 33.4 Å². The van der Waals surface area contributed by atoms with Crippen LogP contribution in [0.5, 0.6) is 0 Å². The molecule has 1 aromatic heterocycles. The molecule has 2 aliphatic rings. The first-order chi connectivity index (χ1) is 58.8. The molecule has 3 heterocycles. The van der Waals surface area contributed by atoms with Gasteiger partial charge in [-0.3, -0.25) is 0 Å². The quantitative estimate of drug-likeness (QED) is 0.141. The van der Waals surface area contributed by atoms with Gasteiger partial charge in [0.1, 0.15) is 0 Å². The van der Waals surface area contributed by atoms with Crippen molar-refractivity contribution in [2.24, 2.45) is 0 Å². The van der Waals surface area contributed by atoms with E-state index in [4.69, 9.17) is 0 Å². The van der Waals surface area contributed by atoms with Gasteiger partial charge >= 0.3 is 0 Å². The van der Waals surface area contributed by atoms with E-state index in [-0.39, 0.29) is 94.7 Å². The van der Waals surface area contributed by atoms with Gasteiger partial charge in [0.2, 0.25) is 0 Å². The average Bonchev–Trinajstić information content (AvgIpc) is 0.970.